The summed E-state index contributed by atoms with van der Waals surface area (Å²) in [4.78, 5) is 38.4. The molecule has 83 heavy (non-hydrogen) atoms. The van der Waals surface area contributed by atoms with Gasteiger partial charge < -0.3 is 14.2 Å². The highest BCUT2D eigenvalue weighted by atomic mass is 16.6. The lowest BCUT2D eigenvalue weighted by Crippen LogP contribution is -2.30. The topological polar surface area (TPSA) is 78.9 Å². The molecule has 0 aromatic rings. The Bertz CT molecular complexity index is 1700. The zero-order chi connectivity index (χ0) is 59.9. The van der Waals surface area contributed by atoms with E-state index < -0.39 is 6.10 Å². The van der Waals surface area contributed by atoms with Crippen LogP contribution in [0, 0.1) is 0 Å². The molecule has 474 valence electrons. The van der Waals surface area contributed by atoms with Gasteiger partial charge in [0.05, 0.1) is 0 Å². The summed E-state index contributed by atoms with van der Waals surface area (Å²) in [6.07, 6.45) is 97.9. The van der Waals surface area contributed by atoms with E-state index in [1.54, 1.807) is 0 Å². The zero-order valence-corrected chi connectivity index (χ0v) is 54.4. The summed E-state index contributed by atoms with van der Waals surface area (Å²) < 4.78 is 16.9. The van der Waals surface area contributed by atoms with E-state index in [4.69, 9.17) is 14.2 Å². The summed E-state index contributed by atoms with van der Waals surface area (Å²) in [5.41, 5.74) is 0. The third-order valence-corrected chi connectivity index (χ3v) is 14.9. The molecule has 0 aliphatic heterocycles. The standard InChI is InChI=1S/C77H130O6/c1-4-7-10-13-16-19-22-25-28-30-32-33-34-35-36-37-38-39-40-41-42-43-44-45-46-48-49-52-55-58-61-64-67-70-76(79)82-73-74(72-81-75(78)69-66-63-60-57-54-51-27-24-21-18-15-12-9-6-3)83-77(80)71-68-65-62-59-56-53-50-47-31-29-26-23-20-17-14-11-8-5-2/h7,10,15-16,18-20,23-25,27-29,31-33,35-36,38-39,74H,4-6,8-9,11-14,17,21-22,26,30,34,37,40-73H2,1-3H3/b10-7-,18-15-,19-16-,23-20-,27-24-,28-25-,31-29-,33-32-,36-35-,39-38-. The number of rotatable bonds is 63. The molecule has 6 heteroatoms. The molecule has 0 amide bonds. The third-order valence-electron chi connectivity index (χ3n) is 14.9. The van der Waals surface area contributed by atoms with Crippen molar-refractivity contribution >= 4 is 17.9 Å². The van der Waals surface area contributed by atoms with Crippen LogP contribution in [0.4, 0.5) is 0 Å². The predicted molar refractivity (Wildman–Crippen MR) is 362 cm³/mol. The molecule has 0 aliphatic carbocycles. The first-order chi connectivity index (χ1) is 41.0. The van der Waals surface area contributed by atoms with Crippen LogP contribution in [0.1, 0.15) is 329 Å². The van der Waals surface area contributed by atoms with Crippen molar-refractivity contribution in [3.8, 4) is 0 Å². The molecule has 0 fully saturated rings. The van der Waals surface area contributed by atoms with Crippen molar-refractivity contribution in [2.45, 2.75) is 335 Å². The largest absolute Gasteiger partial charge is 0.462 e. The Labute approximate surface area is 513 Å². The van der Waals surface area contributed by atoms with E-state index in [1.807, 2.05) is 0 Å². The summed E-state index contributed by atoms with van der Waals surface area (Å²) in [6.45, 7) is 6.48. The fraction of sp³-hybridized carbons (Fsp3) is 0.701. The molecule has 0 spiro atoms. The molecule has 0 aromatic heterocycles. The highest BCUT2D eigenvalue weighted by Crippen LogP contribution is 2.16. The normalized spacial score (nSPS) is 12.9. The van der Waals surface area contributed by atoms with E-state index in [1.165, 1.54) is 154 Å². The van der Waals surface area contributed by atoms with Crippen LogP contribution in [-0.2, 0) is 28.6 Å². The van der Waals surface area contributed by atoms with Crippen LogP contribution in [0.3, 0.4) is 0 Å². The van der Waals surface area contributed by atoms with Gasteiger partial charge in [0.1, 0.15) is 13.2 Å². The lowest BCUT2D eigenvalue weighted by Gasteiger charge is -2.18. The fourth-order valence-corrected chi connectivity index (χ4v) is 9.67. The van der Waals surface area contributed by atoms with Gasteiger partial charge in [-0.25, -0.2) is 0 Å². The van der Waals surface area contributed by atoms with Crippen molar-refractivity contribution in [3.05, 3.63) is 122 Å². The molecule has 1 unspecified atom stereocenters. The van der Waals surface area contributed by atoms with Crippen molar-refractivity contribution < 1.29 is 28.6 Å². The summed E-state index contributed by atoms with van der Waals surface area (Å²) in [5.74, 6) is -0.898. The predicted octanol–water partition coefficient (Wildman–Crippen LogP) is 24.3. The zero-order valence-electron chi connectivity index (χ0n) is 54.4. The molecule has 0 aliphatic rings. The van der Waals surface area contributed by atoms with Gasteiger partial charge >= 0.3 is 17.9 Å². The van der Waals surface area contributed by atoms with Gasteiger partial charge in [-0.3, -0.25) is 14.4 Å². The van der Waals surface area contributed by atoms with E-state index in [-0.39, 0.29) is 31.1 Å². The van der Waals surface area contributed by atoms with E-state index >= 15 is 0 Å². The minimum absolute atomic E-state index is 0.0858. The van der Waals surface area contributed by atoms with Gasteiger partial charge in [0.15, 0.2) is 6.10 Å². The van der Waals surface area contributed by atoms with Gasteiger partial charge in [0.25, 0.3) is 0 Å². The van der Waals surface area contributed by atoms with Crippen molar-refractivity contribution in [2.24, 2.45) is 0 Å². The number of ether oxygens (including phenoxy) is 3. The molecule has 0 heterocycles. The molecule has 0 aromatic carbocycles. The highest BCUT2D eigenvalue weighted by molar-refractivity contribution is 5.71. The fourth-order valence-electron chi connectivity index (χ4n) is 9.67. The van der Waals surface area contributed by atoms with Gasteiger partial charge in [0, 0.05) is 19.3 Å². The van der Waals surface area contributed by atoms with Gasteiger partial charge in [-0.15, -0.1) is 0 Å². The molecule has 0 radical (unpaired) electrons. The summed E-state index contributed by atoms with van der Waals surface area (Å²) >= 11 is 0. The molecular formula is C77H130O6. The number of carbonyl (C=O) groups is 3. The molecule has 6 nitrogen and oxygen atoms in total. The minimum Gasteiger partial charge on any atom is -0.462 e. The lowest BCUT2D eigenvalue weighted by molar-refractivity contribution is -0.167. The summed E-state index contributed by atoms with van der Waals surface area (Å²) in [5, 5.41) is 0. The van der Waals surface area contributed by atoms with Crippen LogP contribution in [-0.4, -0.2) is 37.2 Å². The maximum Gasteiger partial charge on any atom is 0.306 e. The number of hydrogen-bond donors (Lipinski definition) is 0. The van der Waals surface area contributed by atoms with Crippen LogP contribution in [0.5, 0.6) is 0 Å². The van der Waals surface area contributed by atoms with Crippen LogP contribution in [0.25, 0.3) is 0 Å². The number of hydrogen-bond acceptors (Lipinski definition) is 6. The van der Waals surface area contributed by atoms with Crippen molar-refractivity contribution in [1.29, 1.82) is 0 Å². The lowest BCUT2D eigenvalue weighted by atomic mass is 10.0. The van der Waals surface area contributed by atoms with Crippen molar-refractivity contribution in [2.75, 3.05) is 13.2 Å². The SMILES string of the molecule is CC/C=C\C/C=C\C/C=C\C/C=C\C/C=C\C/C=C\CCCCCCCCCCCCCCCCC(=O)OCC(COC(=O)CCCCCCC/C=C\C/C=C\CCCC)OC(=O)CCCCCCCCC/C=C\C/C=C\CCCCCC. The Balaban J connectivity index is 4.25. The van der Waals surface area contributed by atoms with Crippen molar-refractivity contribution in [3.63, 3.8) is 0 Å². The summed E-state index contributed by atoms with van der Waals surface area (Å²) in [7, 11) is 0. The Morgan fingerprint density at radius 1 is 0.253 bits per heavy atom. The Morgan fingerprint density at radius 3 is 0.771 bits per heavy atom. The smallest absolute Gasteiger partial charge is 0.306 e. The minimum atomic E-state index is -0.791. The maximum absolute atomic E-state index is 12.9. The number of carbonyl (C=O) groups excluding carboxylic acids is 3. The first-order valence-electron chi connectivity index (χ1n) is 35.0. The maximum atomic E-state index is 12.9. The average molecular weight is 1150 g/mol. The molecule has 0 N–H and O–H groups in total. The van der Waals surface area contributed by atoms with Crippen LogP contribution < -0.4 is 0 Å². The molecule has 1 atom stereocenters. The average Bonchev–Trinajstić information content (AvgIpc) is 3.49. The van der Waals surface area contributed by atoms with E-state index in [9.17, 15) is 14.4 Å². The first kappa shape index (κ1) is 78.8. The number of esters is 3. The second-order valence-corrected chi connectivity index (χ2v) is 23.1. The van der Waals surface area contributed by atoms with Gasteiger partial charge in [-0.1, -0.05) is 303 Å². The highest BCUT2D eigenvalue weighted by Gasteiger charge is 2.19. The molecule has 0 rings (SSSR count). The second kappa shape index (κ2) is 70.3. The van der Waals surface area contributed by atoms with Gasteiger partial charge in [-0.2, -0.15) is 0 Å². The Hall–Kier alpha value is -4.19. The molecular weight excluding hydrogens is 1020 g/mol. The van der Waals surface area contributed by atoms with E-state index in [0.717, 1.165) is 135 Å². The monoisotopic (exact) mass is 1150 g/mol. The first-order valence-corrected chi connectivity index (χ1v) is 35.0. The quantitative estimate of drug-likeness (QED) is 0.0261. The van der Waals surface area contributed by atoms with E-state index in [0.29, 0.717) is 19.3 Å². The Morgan fingerprint density at radius 2 is 0.482 bits per heavy atom. The number of allylic oxidation sites excluding steroid dienone is 20. The summed E-state index contributed by atoms with van der Waals surface area (Å²) in [6, 6.07) is 0. The van der Waals surface area contributed by atoms with Gasteiger partial charge in [-0.05, 0) is 128 Å². The van der Waals surface area contributed by atoms with E-state index in [2.05, 4.69) is 142 Å². The molecule has 0 saturated heterocycles. The molecule has 0 bridgehead atoms. The van der Waals surface area contributed by atoms with Crippen LogP contribution in [0.2, 0.25) is 0 Å². The Kier molecular flexibility index (Phi) is 66.7. The van der Waals surface area contributed by atoms with Crippen LogP contribution in [0.15, 0.2) is 122 Å². The van der Waals surface area contributed by atoms with Gasteiger partial charge in [0.2, 0.25) is 0 Å². The van der Waals surface area contributed by atoms with Crippen LogP contribution >= 0.6 is 0 Å². The molecule has 0 saturated carbocycles. The third kappa shape index (κ3) is 68.5. The van der Waals surface area contributed by atoms with Crippen molar-refractivity contribution in [1.82, 2.24) is 0 Å². The second-order valence-electron chi connectivity index (χ2n) is 23.1. The number of unbranched alkanes of at least 4 members (excludes halogenated alkanes) is 32.